The Hall–Kier alpha value is -0.910. The molecule has 2 unspecified atom stereocenters. The first-order valence-electron chi connectivity index (χ1n) is 4.05. The van der Waals surface area contributed by atoms with Gasteiger partial charge in [0.25, 0.3) is 0 Å². The molecule has 0 heterocycles. The van der Waals surface area contributed by atoms with Crippen LogP contribution in [0, 0.1) is 0 Å². The molecule has 2 atom stereocenters. The topological polar surface area (TPSA) is 55.8 Å². The average molecular weight is 216 g/mol. The predicted molar refractivity (Wildman–Crippen MR) is 53.3 cm³/mol. The van der Waals surface area contributed by atoms with Gasteiger partial charge in [-0.2, -0.15) is 4.21 Å². The first-order valence-corrected chi connectivity index (χ1v) is 5.08. The third-order valence-electron chi connectivity index (χ3n) is 1.81. The lowest BCUT2D eigenvalue weighted by Crippen LogP contribution is -2.01. The second-order valence-electron chi connectivity index (χ2n) is 2.73. The van der Waals surface area contributed by atoms with Gasteiger partial charge in [0.05, 0.1) is 13.2 Å². The van der Waals surface area contributed by atoms with E-state index in [0.717, 1.165) is 11.3 Å². The van der Waals surface area contributed by atoms with E-state index >= 15 is 0 Å². The number of ether oxygens (including phenoxy) is 1. The second-order valence-corrected chi connectivity index (χ2v) is 3.36. The summed E-state index contributed by atoms with van der Waals surface area (Å²) < 4.78 is 28.6. The molecule has 0 saturated carbocycles. The fourth-order valence-corrected chi connectivity index (χ4v) is 1.41. The van der Waals surface area contributed by atoms with Gasteiger partial charge in [-0.3, -0.25) is 8.74 Å². The summed E-state index contributed by atoms with van der Waals surface area (Å²) in [4.78, 5) is 0. The van der Waals surface area contributed by atoms with Crippen LogP contribution in [-0.2, 0) is 15.5 Å². The Labute approximate surface area is 85.3 Å². The molecule has 78 valence electrons. The van der Waals surface area contributed by atoms with Crippen LogP contribution in [0.1, 0.15) is 18.6 Å². The van der Waals surface area contributed by atoms with E-state index < -0.39 is 17.5 Å². The molecule has 14 heavy (non-hydrogen) atoms. The van der Waals surface area contributed by atoms with Gasteiger partial charge < -0.3 is 4.74 Å². The fraction of sp³-hybridized carbons (Fsp3) is 0.333. The minimum absolute atomic E-state index is 0.410. The molecule has 0 bridgehead atoms. The van der Waals surface area contributed by atoms with Crippen molar-refractivity contribution in [3.63, 3.8) is 0 Å². The first-order chi connectivity index (χ1) is 6.63. The van der Waals surface area contributed by atoms with Crippen LogP contribution in [0.5, 0.6) is 5.75 Å². The minimum Gasteiger partial charge on any atom is -0.497 e. The summed E-state index contributed by atoms with van der Waals surface area (Å²) in [6.07, 6.45) is -0.410. The number of methoxy groups -OCH3 is 1. The lowest BCUT2D eigenvalue weighted by atomic mass is 10.1. The molecular formula is C9H12O4S. The zero-order chi connectivity index (χ0) is 10.6. The van der Waals surface area contributed by atoms with Gasteiger partial charge in [0.2, 0.25) is 0 Å². The summed E-state index contributed by atoms with van der Waals surface area (Å²) in [5.74, 6) is 0.742. The summed E-state index contributed by atoms with van der Waals surface area (Å²) in [6.45, 7) is 1.70. The molecule has 5 heteroatoms. The van der Waals surface area contributed by atoms with Gasteiger partial charge in [0, 0.05) is 0 Å². The Morgan fingerprint density at radius 2 is 1.93 bits per heavy atom. The van der Waals surface area contributed by atoms with E-state index in [9.17, 15) is 4.21 Å². The number of rotatable bonds is 4. The Bertz CT molecular complexity index is 309. The zero-order valence-electron chi connectivity index (χ0n) is 7.97. The molecule has 1 aromatic rings. The highest BCUT2D eigenvalue weighted by Gasteiger charge is 2.08. The molecule has 1 aromatic carbocycles. The van der Waals surface area contributed by atoms with Crippen LogP contribution in [0.25, 0.3) is 0 Å². The Balaban J connectivity index is 2.71. The number of hydrogen-bond donors (Lipinski definition) is 1. The Kier molecular flexibility index (Phi) is 4.06. The molecule has 4 nitrogen and oxygen atoms in total. The quantitative estimate of drug-likeness (QED) is 0.781. The van der Waals surface area contributed by atoms with E-state index in [1.165, 1.54) is 0 Å². The maximum absolute atomic E-state index is 10.4. The van der Waals surface area contributed by atoms with Crippen molar-refractivity contribution in [3.05, 3.63) is 29.8 Å². The van der Waals surface area contributed by atoms with Crippen molar-refractivity contribution < 1.29 is 17.7 Å². The summed E-state index contributed by atoms with van der Waals surface area (Å²) in [7, 11) is 1.58. The molecule has 0 aliphatic carbocycles. The van der Waals surface area contributed by atoms with Gasteiger partial charge in [-0.1, -0.05) is 12.1 Å². The summed E-state index contributed by atoms with van der Waals surface area (Å²) in [6, 6.07) is 7.12. The van der Waals surface area contributed by atoms with E-state index in [0.29, 0.717) is 0 Å². The first kappa shape index (κ1) is 11.2. The van der Waals surface area contributed by atoms with Crippen molar-refractivity contribution in [1.82, 2.24) is 0 Å². The molecule has 0 aliphatic heterocycles. The highest BCUT2D eigenvalue weighted by molar-refractivity contribution is 7.74. The smallest absolute Gasteiger partial charge is 0.302 e. The van der Waals surface area contributed by atoms with Gasteiger partial charge in [-0.05, 0) is 24.6 Å². The van der Waals surface area contributed by atoms with E-state index in [1.54, 1.807) is 38.3 Å². The van der Waals surface area contributed by atoms with E-state index in [4.69, 9.17) is 13.5 Å². The van der Waals surface area contributed by atoms with Crippen LogP contribution in [0.4, 0.5) is 0 Å². The highest BCUT2D eigenvalue weighted by atomic mass is 32.2. The number of benzene rings is 1. The summed E-state index contributed by atoms with van der Waals surface area (Å²) in [5, 5.41) is 0. The maximum Gasteiger partial charge on any atom is 0.302 e. The lowest BCUT2D eigenvalue weighted by Gasteiger charge is -2.09. The van der Waals surface area contributed by atoms with Gasteiger partial charge in [-0.15, -0.1) is 0 Å². The molecule has 0 saturated heterocycles. The SMILES string of the molecule is COc1ccc(C(C)OS(=O)O)cc1. The third-order valence-corrected chi connectivity index (χ3v) is 2.27. The van der Waals surface area contributed by atoms with Crippen molar-refractivity contribution in [2.24, 2.45) is 0 Å². The van der Waals surface area contributed by atoms with Crippen LogP contribution < -0.4 is 4.74 Å². The predicted octanol–water partition coefficient (Wildman–Crippen LogP) is 1.91. The van der Waals surface area contributed by atoms with Crippen molar-refractivity contribution in [1.29, 1.82) is 0 Å². The molecule has 1 N–H and O–H groups in total. The number of hydrogen-bond acceptors (Lipinski definition) is 3. The Morgan fingerprint density at radius 3 is 2.36 bits per heavy atom. The Morgan fingerprint density at radius 1 is 1.36 bits per heavy atom. The molecule has 1 rings (SSSR count). The molecular weight excluding hydrogens is 204 g/mol. The van der Waals surface area contributed by atoms with Gasteiger partial charge in [0.1, 0.15) is 5.75 Å². The minimum atomic E-state index is -2.23. The van der Waals surface area contributed by atoms with Crippen LogP contribution in [0.2, 0.25) is 0 Å². The van der Waals surface area contributed by atoms with Gasteiger partial charge in [-0.25, -0.2) is 0 Å². The third kappa shape index (κ3) is 3.10. The summed E-state index contributed by atoms with van der Waals surface area (Å²) in [5.41, 5.74) is 0.827. The van der Waals surface area contributed by atoms with Crippen molar-refractivity contribution >= 4 is 11.4 Å². The molecule has 0 amide bonds. The van der Waals surface area contributed by atoms with Crippen LogP contribution in [-0.4, -0.2) is 15.9 Å². The standard InChI is InChI=1S/C9H12O4S/c1-7(13-14(10)11)8-3-5-9(12-2)6-4-8/h3-7H,1-2H3,(H,10,11). The van der Waals surface area contributed by atoms with Crippen molar-refractivity contribution in [2.45, 2.75) is 13.0 Å². The molecule has 0 spiro atoms. The van der Waals surface area contributed by atoms with E-state index in [-0.39, 0.29) is 0 Å². The molecule has 0 fully saturated rings. The van der Waals surface area contributed by atoms with E-state index in [2.05, 4.69) is 0 Å². The largest absolute Gasteiger partial charge is 0.497 e. The second kappa shape index (κ2) is 5.09. The van der Waals surface area contributed by atoms with Crippen LogP contribution in [0.15, 0.2) is 24.3 Å². The zero-order valence-corrected chi connectivity index (χ0v) is 8.78. The fourth-order valence-electron chi connectivity index (χ4n) is 1.05. The van der Waals surface area contributed by atoms with E-state index in [1.807, 2.05) is 0 Å². The molecule has 0 aliphatic rings. The normalized spacial score (nSPS) is 14.8. The lowest BCUT2D eigenvalue weighted by molar-refractivity contribution is 0.227. The van der Waals surface area contributed by atoms with Crippen LogP contribution in [0.3, 0.4) is 0 Å². The summed E-state index contributed by atoms with van der Waals surface area (Å²) >= 11 is -2.23. The molecule has 0 aromatic heterocycles. The van der Waals surface area contributed by atoms with Crippen LogP contribution >= 0.6 is 0 Å². The molecule has 0 radical (unpaired) electrons. The van der Waals surface area contributed by atoms with Crippen molar-refractivity contribution in [3.8, 4) is 5.75 Å². The monoisotopic (exact) mass is 216 g/mol. The average Bonchev–Trinajstić information content (AvgIpc) is 2.17. The van der Waals surface area contributed by atoms with Crippen molar-refractivity contribution in [2.75, 3.05) is 7.11 Å². The van der Waals surface area contributed by atoms with Gasteiger partial charge >= 0.3 is 11.4 Å². The van der Waals surface area contributed by atoms with Gasteiger partial charge in [0.15, 0.2) is 0 Å². The highest BCUT2D eigenvalue weighted by Crippen LogP contribution is 2.20. The maximum atomic E-state index is 10.4.